The summed E-state index contributed by atoms with van der Waals surface area (Å²) < 4.78 is 30.2. The first kappa shape index (κ1) is 15.9. The largest absolute Gasteiger partial charge is 0.378 e. The van der Waals surface area contributed by atoms with Crippen LogP contribution in [0.4, 0.5) is 8.78 Å². The fraction of sp³-hybridized carbons (Fsp3) is 0.533. The van der Waals surface area contributed by atoms with Crippen molar-refractivity contribution in [2.75, 3.05) is 32.8 Å². The third-order valence-corrected chi connectivity index (χ3v) is 3.67. The number of benzene rings is 1. The molecule has 1 atom stereocenters. The van der Waals surface area contributed by atoms with Crippen LogP contribution in [0.5, 0.6) is 0 Å². The van der Waals surface area contributed by atoms with E-state index in [2.05, 4.69) is 0 Å². The Labute approximate surface area is 122 Å². The highest BCUT2D eigenvalue weighted by Gasteiger charge is 2.25. The van der Waals surface area contributed by atoms with Gasteiger partial charge in [0.2, 0.25) is 5.91 Å². The van der Waals surface area contributed by atoms with Crippen molar-refractivity contribution < 1.29 is 18.3 Å². The van der Waals surface area contributed by atoms with Gasteiger partial charge in [-0.3, -0.25) is 4.79 Å². The van der Waals surface area contributed by atoms with Gasteiger partial charge in [-0.2, -0.15) is 0 Å². The van der Waals surface area contributed by atoms with Crippen molar-refractivity contribution in [2.24, 2.45) is 11.7 Å². The molecule has 2 N–H and O–H groups in total. The monoisotopic (exact) mass is 298 g/mol. The first-order chi connectivity index (χ1) is 10.1. The van der Waals surface area contributed by atoms with E-state index in [1.807, 2.05) is 0 Å². The van der Waals surface area contributed by atoms with Crippen LogP contribution < -0.4 is 5.73 Å². The van der Waals surface area contributed by atoms with E-state index in [1.165, 1.54) is 12.1 Å². The molecule has 2 rings (SSSR count). The van der Waals surface area contributed by atoms with Crippen molar-refractivity contribution >= 4 is 5.91 Å². The van der Waals surface area contributed by atoms with Gasteiger partial charge in [0.15, 0.2) is 0 Å². The first-order valence-corrected chi connectivity index (χ1v) is 7.05. The zero-order valence-corrected chi connectivity index (χ0v) is 11.8. The van der Waals surface area contributed by atoms with Crippen molar-refractivity contribution in [2.45, 2.75) is 12.8 Å². The quantitative estimate of drug-likeness (QED) is 0.898. The van der Waals surface area contributed by atoms with Gasteiger partial charge in [0.1, 0.15) is 0 Å². The van der Waals surface area contributed by atoms with Gasteiger partial charge >= 0.3 is 0 Å². The minimum atomic E-state index is -2.47. The highest BCUT2D eigenvalue weighted by Crippen LogP contribution is 2.20. The molecule has 21 heavy (non-hydrogen) atoms. The van der Waals surface area contributed by atoms with Crippen LogP contribution in [0.2, 0.25) is 0 Å². The number of ether oxygens (including phenoxy) is 1. The number of halogens is 2. The van der Waals surface area contributed by atoms with Crippen molar-refractivity contribution in [3.63, 3.8) is 0 Å². The smallest absolute Gasteiger partial charge is 0.263 e. The minimum Gasteiger partial charge on any atom is -0.378 e. The summed E-state index contributed by atoms with van der Waals surface area (Å²) in [5, 5.41) is 0. The lowest BCUT2D eigenvalue weighted by Gasteiger charge is -2.30. The second-order valence-electron chi connectivity index (χ2n) is 5.12. The zero-order chi connectivity index (χ0) is 15.2. The SMILES string of the molecule is NCC(Cc1ccc(C(F)F)cc1)C(=O)N1CCOCC1. The summed E-state index contributed by atoms with van der Waals surface area (Å²) in [4.78, 5) is 14.1. The predicted molar refractivity (Wildman–Crippen MR) is 75.0 cm³/mol. The lowest BCUT2D eigenvalue weighted by molar-refractivity contribution is -0.139. The van der Waals surface area contributed by atoms with Gasteiger partial charge in [-0.05, 0) is 12.0 Å². The van der Waals surface area contributed by atoms with Crippen molar-refractivity contribution in [3.8, 4) is 0 Å². The third kappa shape index (κ3) is 4.22. The average molecular weight is 298 g/mol. The lowest BCUT2D eigenvalue weighted by Crippen LogP contribution is -2.45. The van der Waals surface area contributed by atoms with Gasteiger partial charge in [0, 0.05) is 25.2 Å². The standard InChI is InChI=1S/C15H20F2N2O2/c16-14(17)12-3-1-11(2-4-12)9-13(10-18)15(20)19-5-7-21-8-6-19/h1-4,13-14H,5-10,18H2. The van der Waals surface area contributed by atoms with E-state index in [-0.39, 0.29) is 23.9 Å². The van der Waals surface area contributed by atoms with E-state index < -0.39 is 6.43 Å². The molecule has 1 aromatic rings. The maximum atomic E-state index is 12.5. The number of nitrogens with zero attached hydrogens (tertiary/aromatic N) is 1. The van der Waals surface area contributed by atoms with Crippen molar-refractivity contribution in [3.05, 3.63) is 35.4 Å². The first-order valence-electron chi connectivity index (χ1n) is 7.05. The van der Waals surface area contributed by atoms with Gasteiger partial charge in [0.25, 0.3) is 6.43 Å². The van der Waals surface area contributed by atoms with Crippen molar-refractivity contribution in [1.29, 1.82) is 0 Å². The second-order valence-corrected chi connectivity index (χ2v) is 5.12. The molecule has 116 valence electrons. The van der Waals surface area contributed by atoms with E-state index in [0.29, 0.717) is 32.7 Å². The average Bonchev–Trinajstić information content (AvgIpc) is 2.53. The lowest BCUT2D eigenvalue weighted by atomic mass is 9.97. The Morgan fingerprint density at radius 1 is 1.24 bits per heavy atom. The molecule has 6 heteroatoms. The molecule has 1 heterocycles. The molecular weight excluding hydrogens is 278 g/mol. The highest BCUT2D eigenvalue weighted by atomic mass is 19.3. The number of carbonyl (C=O) groups excluding carboxylic acids is 1. The van der Waals surface area contributed by atoms with Gasteiger partial charge in [0.05, 0.1) is 19.1 Å². The Bertz CT molecular complexity index is 459. The summed E-state index contributed by atoms with van der Waals surface area (Å²) in [6, 6.07) is 6.06. The third-order valence-electron chi connectivity index (χ3n) is 3.67. The summed E-state index contributed by atoms with van der Waals surface area (Å²) in [6.45, 7) is 2.50. The summed E-state index contributed by atoms with van der Waals surface area (Å²) in [7, 11) is 0. The van der Waals surface area contributed by atoms with Gasteiger partial charge in [-0.15, -0.1) is 0 Å². The molecule has 0 bridgehead atoms. The Morgan fingerprint density at radius 3 is 2.38 bits per heavy atom. The molecule has 1 unspecified atom stereocenters. The fourth-order valence-electron chi connectivity index (χ4n) is 2.40. The van der Waals surface area contributed by atoms with Crippen LogP contribution in [0.15, 0.2) is 24.3 Å². The number of hydrogen-bond donors (Lipinski definition) is 1. The van der Waals surface area contributed by atoms with Gasteiger partial charge < -0.3 is 15.4 Å². The minimum absolute atomic E-state index is 0.0115. The summed E-state index contributed by atoms with van der Waals surface area (Å²) in [5.74, 6) is -0.306. The Kier molecular flexibility index (Phi) is 5.64. The molecule has 0 radical (unpaired) electrons. The number of morpholine rings is 1. The maximum absolute atomic E-state index is 12.5. The van der Waals surface area contributed by atoms with Gasteiger partial charge in [-0.1, -0.05) is 24.3 Å². The normalized spacial score (nSPS) is 17.0. The van der Waals surface area contributed by atoms with E-state index in [9.17, 15) is 13.6 Å². The molecule has 0 aliphatic carbocycles. The zero-order valence-electron chi connectivity index (χ0n) is 11.8. The molecule has 0 saturated carbocycles. The van der Waals surface area contributed by atoms with E-state index >= 15 is 0 Å². The number of nitrogens with two attached hydrogens (primary N) is 1. The molecule has 1 fully saturated rings. The summed E-state index contributed by atoms with van der Waals surface area (Å²) in [5.41, 5.74) is 6.54. The van der Waals surface area contributed by atoms with E-state index in [1.54, 1.807) is 17.0 Å². The Balaban J connectivity index is 1.99. The van der Waals surface area contributed by atoms with Crippen LogP contribution in [0, 0.1) is 5.92 Å². The fourth-order valence-corrected chi connectivity index (χ4v) is 2.40. The van der Waals surface area contributed by atoms with E-state index in [0.717, 1.165) is 5.56 Å². The van der Waals surface area contributed by atoms with Crippen LogP contribution in [0.3, 0.4) is 0 Å². The number of amides is 1. The topological polar surface area (TPSA) is 55.6 Å². The number of alkyl halides is 2. The molecule has 0 spiro atoms. The van der Waals surface area contributed by atoms with Crippen LogP contribution in [0.1, 0.15) is 17.6 Å². The second kappa shape index (κ2) is 7.47. The molecule has 1 saturated heterocycles. The molecule has 1 amide bonds. The van der Waals surface area contributed by atoms with Crippen LogP contribution in [-0.2, 0) is 16.0 Å². The molecule has 1 aliphatic rings. The number of carbonyl (C=O) groups is 1. The highest BCUT2D eigenvalue weighted by molar-refractivity contribution is 5.79. The number of rotatable bonds is 5. The van der Waals surface area contributed by atoms with Crippen LogP contribution >= 0.6 is 0 Å². The molecular formula is C15H20F2N2O2. The molecule has 0 aromatic heterocycles. The predicted octanol–water partition coefficient (Wildman–Crippen LogP) is 1.60. The van der Waals surface area contributed by atoms with Gasteiger partial charge in [-0.25, -0.2) is 8.78 Å². The van der Waals surface area contributed by atoms with Crippen molar-refractivity contribution in [1.82, 2.24) is 4.90 Å². The Hall–Kier alpha value is -1.53. The maximum Gasteiger partial charge on any atom is 0.263 e. The summed E-state index contributed by atoms with van der Waals surface area (Å²) in [6.07, 6.45) is -2.00. The molecule has 4 nitrogen and oxygen atoms in total. The van der Waals surface area contributed by atoms with Crippen LogP contribution in [-0.4, -0.2) is 43.7 Å². The molecule has 1 aromatic carbocycles. The van der Waals surface area contributed by atoms with E-state index in [4.69, 9.17) is 10.5 Å². The molecule has 1 aliphatic heterocycles. The van der Waals surface area contributed by atoms with Crippen LogP contribution in [0.25, 0.3) is 0 Å². The summed E-state index contributed by atoms with van der Waals surface area (Å²) >= 11 is 0. The Morgan fingerprint density at radius 2 is 1.86 bits per heavy atom. The number of hydrogen-bond acceptors (Lipinski definition) is 3.